The van der Waals surface area contributed by atoms with E-state index < -0.39 is 0 Å². The minimum absolute atomic E-state index is 0.000399. The number of hydrogen-bond acceptors (Lipinski definition) is 3. The molecule has 4 nitrogen and oxygen atoms in total. The van der Waals surface area contributed by atoms with Crippen molar-refractivity contribution in [3.05, 3.63) is 69.3 Å². The van der Waals surface area contributed by atoms with Gasteiger partial charge < -0.3 is 11.1 Å². The highest BCUT2D eigenvalue weighted by atomic mass is 127. The summed E-state index contributed by atoms with van der Waals surface area (Å²) in [5, 5.41) is 2.87. The van der Waals surface area contributed by atoms with Gasteiger partial charge in [-0.25, -0.2) is 0 Å². The minimum Gasteiger partial charge on any atom is -0.330 e. The third-order valence-electron chi connectivity index (χ3n) is 4.11. The molecule has 0 aliphatic heterocycles. The predicted octanol–water partition coefficient (Wildman–Crippen LogP) is 5.04. The Labute approximate surface area is 174 Å². The molecule has 0 saturated carbocycles. The van der Waals surface area contributed by atoms with Crippen molar-refractivity contribution in [1.29, 1.82) is 0 Å². The van der Waals surface area contributed by atoms with Crippen LogP contribution in [0.15, 0.2) is 54.6 Å². The van der Waals surface area contributed by atoms with Gasteiger partial charge in [0.25, 0.3) is 0 Å². The Morgan fingerprint density at radius 1 is 0.926 bits per heavy atom. The van der Waals surface area contributed by atoms with Crippen LogP contribution >= 0.6 is 22.6 Å². The van der Waals surface area contributed by atoms with Gasteiger partial charge in [0.05, 0.1) is 0 Å². The molecule has 2 rings (SSSR count). The van der Waals surface area contributed by atoms with Gasteiger partial charge in [0.1, 0.15) is 0 Å². The first-order valence-corrected chi connectivity index (χ1v) is 10.2. The second-order valence-corrected chi connectivity index (χ2v) is 7.57. The normalized spacial score (nSPS) is 10.9. The number of amides is 1. The van der Waals surface area contributed by atoms with Gasteiger partial charge in [0.15, 0.2) is 5.78 Å². The number of anilines is 1. The van der Waals surface area contributed by atoms with E-state index in [0.29, 0.717) is 24.2 Å². The highest BCUT2D eigenvalue weighted by molar-refractivity contribution is 14.1. The van der Waals surface area contributed by atoms with Crippen LogP contribution < -0.4 is 11.1 Å². The van der Waals surface area contributed by atoms with Crippen molar-refractivity contribution >= 4 is 46.0 Å². The van der Waals surface area contributed by atoms with Crippen molar-refractivity contribution in [2.24, 2.45) is 5.73 Å². The standard InChI is InChI=1S/C22H25IN2O2/c23-19-11-6-17(7-12-19)8-15-21(26)18-9-13-20(14-10-18)25-22(27)5-3-1-2-4-16-24/h6-15H,1-5,16,24H2,(H,25,27)/b15-8+. The fourth-order valence-electron chi connectivity index (χ4n) is 2.57. The zero-order valence-corrected chi connectivity index (χ0v) is 17.4. The third-order valence-corrected chi connectivity index (χ3v) is 4.83. The number of carbonyl (C=O) groups excluding carboxylic acids is 2. The average molecular weight is 476 g/mol. The average Bonchev–Trinajstić information content (AvgIpc) is 2.68. The van der Waals surface area contributed by atoms with Gasteiger partial charge >= 0.3 is 0 Å². The lowest BCUT2D eigenvalue weighted by atomic mass is 10.1. The predicted molar refractivity (Wildman–Crippen MR) is 120 cm³/mol. The van der Waals surface area contributed by atoms with Gasteiger partial charge in [-0.1, -0.05) is 31.1 Å². The lowest BCUT2D eigenvalue weighted by molar-refractivity contribution is -0.116. The zero-order chi connectivity index (χ0) is 19.5. The monoisotopic (exact) mass is 476 g/mol. The van der Waals surface area contributed by atoms with Crippen LogP contribution in [-0.2, 0) is 4.79 Å². The third kappa shape index (κ3) is 8.05. The summed E-state index contributed by atoms with van der Waals surface area (Å²) in [7, 11) is 0. The Morgan fingerprint density at radius 3 is 2.26 bits per heavy atom. The summed E-state index contributed by atoms with van der Waals surface area (Å²) in [6.45, 7) is 0.706. The summed E-state index contributed by atoms with van der Waals surface area (Å²) in [6.07, 6.45) is 7.84. The molecule has 0 aromatic heterocycles. The van der Waals surface area contributed by atoms with E-state index in [2.05, 4.69) is 27.9 Å². The first-order chi connectivity index (χ1) is 13.1. The van der Waals surface area contributed by atoms with Crippen molar-refractivity contribution in [3.63, 3.8) is 0 Å². The Kier molecular flexibility index (Phi) is 9.21. The Morgan fingerprint density at radius 2 is 1.59 bits per heavy atom. The Balaban J connectivity index is 1.82. The smallest absolute Gasteiger partial charge is 0.224 e. The van der Waals surface area contributed by atoms with Gasteiger partial charge in [-0.3, -0.25) is 9.59 Å². The molecule has 0 aliphatic rings. The van der Waals surface area contributed by atoms with Crippen molar-refractivity contribution in [2.75, 3.05) is 11.9 Å². The molecule has 0 radical (unpaired) electrons. The fourth-order valence-corrected chi connectivity index (χ4v) is 2.93. The van der Waals surface area contributed by atoms with Crippen LogP contribution in [0.3, 0.4) is 0 Å². The fraction of sp³-hybridized carbons (Fsp3) is 0.273. The molecule has 27 heavy (non-hydrogen) atoms. The Hall–Kier alpha value is -1.99. The second-order valence-electron chi connectivity index (χ2n) is 6.33. The quantitative estimate of drug-likeness (QED) is 0.219. The molecule has 2 aromatic carbocycles. The highest BCUT2D eigenvalue weighted by Gasteiger charge is 2.05. The maximum atomic E-state index is 12.3. The number of carbonyl (C=O) groups is 2. The molecule has 0 atom stereocenters. The van der Waals surface area contributed by atoms with E-state index in [-0.39, 0.29) is 11.7 Å². The molecule has 3 N–H and O–H groups in total. The lowest BCUT2D eigenvalue weighted by Gasteiger charge is -2.06. The molecule has 0 bridgehead atoms. The Bertz CT molecular complexity index is 768. The number of allylic oxidation sites excluding steroid dienone is 1. The van der Waals surface area contributed by atoms with E-state index in [9.17, 15) is 9.59 Å². The maximum Gasteiger partial charge on any atom is 0.224 e. The van der Waals surface area contributed by atoms with Crippen molar-refractivity contribution < 1.29 is 9.59 Å². The molecular formula is C22H25IN2O2. The number of benzene rings is 2. The molecule has 0 fully saturated rings. The van der Waals surface area contributed by atoms with Gasteiger partial charge in [-0.15, -0.1) is 0 Å². The number of unbranched alkanes of at least 4 members (excludes halogenated alkanes) is 3. The van der Waals surface area contributed by atoms with Crippen LogP contribution in [0.4, 0.5) is 5.69 Å². The highest BCUT2D eigenvalue weighted by Crippen LogP contribution is 2.13. The van der Waals surface area contributed by atoms with Crippen molar-refractivity contribution in [3.8, 4) is 0 Å². The molecule has 0 unspecified atom stereocenters. The van der Waals surface area contributed by atoms with Crippen LogP contribution in [0, 0.1) is 3.57 Å². The molecule has 142 valence electrons. The van der Waals surface area contributed by atoms with Crippen LogP contribution in [0.25, 0.3) is 6.08 Å². The molecule has 0 heterocycles. The molecule has 2 aromatic rings. The van der Waals surface area contributed by atoms with Crippen LogP contribution in [0.2, 0.25) is 0 Å². The summed E-state index contributed by atoms with van der Waals surface area (Å²) >= 11 is 2.25. The number of ketones is 1. The zero-order valence-electron chi connectivity index (χ0n) is 15.3. The molecule has 5 heteroatoms. The summed E-state index contributed by atoms with van der Waals surface area (Å²) in [5.41, 5.74) is 7.74. The van der Waals surface area contributed by atoms with Gasteiger partial charge in [-0.2, -0.15) is 0 Å². The van der Waals surface area contributed by atoms with E-state index in [1.165, 1.54) is 0 Å². The maximum absolute atomic E-state index is 12.3. The minimum atomic E-state index is -0.0636. The molecule has 0 spiro atoms. The van der Waals surface area contributed by atoms with Crippen molar-refractivity contribution in [2.45, 2.75) is 32.1 Å². The second kappa shape index (κ2) is 11.7. The summed E-state index contributed by atoms with van der Waals surface area (Å²) in [5.74, 6) is -0.0632. The van der Waals surface area contributed by atoms with E-state index in [4.69, 9.17) is 5.73 Å². The number of hydrogen-bond donors (Lipinski definition) is 2. The number of rotatable bonds is 10. The molecule has 0 aliphatic carbocycles. The topological polar surface area (TPSA) is 72.2 Å². The molecular weight excluding hydrogens is 451 g/mol. The van der Waals surface area contributed by atoms with Crippen LogP contribution in [0.5, 0.6) is 0 Å². The van der Waals surface area contributed by atoms with Gasteiger partial charge in [0, 0.05) is 21.2 Å². The number of halogens is 1. The lowest BCUT2D eigenvalue weighted by Crippen LogP contribution is -2.11. The van der Waals surface area contributed by atoms with Crippen LogP contribution in [-0.4, -0.2) is 18.2 Å². The summed E-state index contributed by atoms with van der Waals surface area (Å²) in [6, 6.07) is 14.9. The van der Waals surface area contributed by atoms with Crippen LogP contribution in [0.1, 0.15) is 48.0 Å². The first-order valence-electron chi connectivity index (χ1n) is 9.16. The number of nitrogens with two attached hydrogens (primary N) is 1. The summed E-state index contributed by atoms with van der Waals surface area (Å²) < 4.78 is 1.16. The first kappa shape index (κ1) is 21.3. The molecule has 0 saturated heterocycles. The van der Waals surface area contributed by atoms with E-state index in [0.717, 1.165) is 34.8 Å². The van der Waals surface area contributed by atoms with Gasteiger partial charge in [-0.05, 0) is 90.0 Å². The van der Waals surface area contributed by atoms with E-state index in [1.807, 2.05) is 24.3 Å². The van der Waals surface area contributed by atoms with Crippen molar-refractivity contribution in [1.82, 2.24) is 0 Å². The van der Waals surface area contributed by atoms with E-state index in [1.54, 1.807) is 36.4 Å². The largest absolute Gasteiger partial charge is 0.330 e. The molecule has 1 amide bonds. The van der Waals surface area contributed by atoms with E-state index >= 15 is 0 Å². The SMILES string of the molecule is NCCCCCCC(=O)Nc1ccc(C(=O)/C=C/c2ccc(I)cc2)cc1. The van der Waals surface area contributed by atoms with Gasteiger partial charge in [0.2, 0.25) is 5.91 Å². The number of nitrogens with one attached hydrogen (secondary N) is 1. The summed E-state index contributed by atoms with van der Waals surface area (Å²) in [4.78, 5) is 24.2.